The van der Waals surface area contributed by atoms with Gasteiger partial charge >= 0.3 is 0 Å². The molecule has 2 aliphatic rings. The zero-order chi connectivity index (χ0) is 18.5. The van der Waals surface area contributed by atoms with E-state index in [0.717, 1.165) is 35.5 Å². The summed E-state index contributed by atoms with van der Waals surface area (Å²) in [5.74, 6) is -1.00. The number of sulfonamides is 1. The van der Waals surface area contributed by atoms with Gasteiger partial charge in [-0.25, -0.2) is 17.8 Å². The molecule has 4 rings (SSSR count). The Morgan fingerprint density at radius 3 is 2.85 bits per heavy atom. The van der Waals surface area contributed by atoms with Gasteiger partial charge in [-0.1, -0.05) is 11.6 Å². The summed E-state index contributed by atoms with van der Waals surface area (Å²) in [6.07, 6.45) is 1.98. The number of hydrogen-bond donors (Lipinski definition) is 1. The Labute approximate surface area is 159 Å². The molecular weight excluding hydrogens is 401 g/mol. The Balaban J connectivity index is 1.50. The molecule has 26 heavy (non-hydrogen) atoms. The number of thiazole rings is 1. The van der Waals surface area contributed by atoms with E-state index in [9.17, 15) is 17.6 Å². The van der Waals surface area contributed by atoms with Gasteiger partial charge in [0, 0.05) is 24.4 Å². The van der Waals surface area contributed by atoms with Crippen molar-refractivity contribution in [3.8, 4) is 0 Å². The number of rotatable bonds is 4. The lowest BCUT2D eigenvalue weighted by Gasteiger charge is -2.25. The van der Waals surface area contributed by atoms with E-state index in [0.29, 0.717) is 24.6 Å². The quantitative estimate of drug-likeness (QED) is 0.832. The van der Waals surface area contributed by atoms with Crippen LogP contribution in [0.15, 0.2) is 18.2 Å². The highest BCUT2D eigenvalue weighted by Gasteiger charge is 2.41. The van der Waals surface area contributed by atoms with Crippen LogP contribution in [0.3, 0.4) is 0 Å². The SMILES string of the molecule is O=C(Nc1nc2c(s1)CN(S(=O)(=O)C1CC1)CC2)c1ccc(F)cc1Cl. The molecule has 0 unspecified atom stereocenters. The third kappa shape index (κ3) is 3.36. The molecule has 0 atom stereocenters. The molecule has 1 aliphatic heterocycles. The van der Waals surface area contributed by atoms with Gasteiger partial charge in [-0.05, 0) is 31.0 Å². The van der Waals surface area contributed by atoms with E-state index >= 15 is 0 Å². The summed E-state index contributed by atoms with van der Waals surface area (Å²) in [6, 6.07) is 3.54. The van der Waals surface area contributed by atoms with Crippen molar-refractivity contribution in [1.82, 2.24) is 9.29 Å². The maximum atomic E-state index is 13.1. The van der Waals surface area contributed by atoms with Crippen LogP contribution in [0.25, 0.3) is 0 Å². The third-order valence-corrected chi connectivity index (χ3v) is 8.05. The van der Waals surface area contributed by atoms with E-state index < -0.39 is 21.7 Å². The Kier molecular flexibility index (Phi) is 4.50. The number of anilines is 1. The fraction of sp³-hybridized carbons (Fsp3) is 0.375. The summed E-state index contributed by atoms with van der Waals surface area (Å²) in [7, 11) is -3.23. The lowest BCUT2D eigenvalue weighted by atomic mass is 10.2. The van der Waals surface area contributed by atoms with Gasteiger partial charge in [-0.3, -0.25) is 10.1 Å². The number of benzene rings is 1. The molecule has 1 aromatic carbocycles. The molecule has 0 bridgehead atoms. The van der Waals surface area contributed by atoms with Gasteiger partial charge in [-0.2, -0.15) is 4.31 Å². The molecule has 0 radical (unpaired) electrons. The Bertz CT molecular complexity index is 989. The summed E-state index contributed by atoms with van der Waals surface area (Å²) >= 11 is 7.16. The number of fused-ring (bicyclic) bond motifs is 1. The van der Waals surface area contributed by atoms with E-state index in [2.05, 4.69) is 10.3 Å². The van der Waals surface area contributed by atoms with Gasteiger partial charge in [0.25, 0.3) is 5.91 Å². The molecule has 138 valence electrons. The number of hydrogen-bond acceptors (Lipinski definition) is 5. The second-order valence-electron chi connectivity index (χ2n) is 6.30. The number of amides is 1. The number of aromatic nitrogens is 1. The summed E-state index contributed by atoms with van der Waals surface area (Å²) in [6.45, 7) is 0.700. The molecule has 1 aliphatic carbocycles. The lowest BCUT2D eigenvalue weighted by molar-refractivity contribution is 0.102. The average molecular weight is 416 g/mol. The monoisotopic (exact) mass is 415 g/mol. The standard InChI is InChI=1S/C16H15ClFN3O3S2/c17-12-7-9(18)1-4-11(12)15(22)20-16-19-13-5-6-21(8-14(13)25-16)26(23,24)10-2-3-10/h1,4,7,10H,2-3,5-6,8H2,(H,19,20,22). The van der Waals surface area contributed by atoms with Gasteiger partial charge < -0.3 is 0 Å². The molecule has 1 N–H and O–H groups in total. The van der Waals surface area contributed by atoms with E-state index in [-0.39, 0.29) is 15.8 Å². The molecule has 6 nitrogen and oxygen atoms in total. The van der Waals surface area contributed by atoms with Gasteiger partial charge in [0.05, 0.1) is 21.5 Å². The summed E-state index contributed by atoms with van der Waals surface area (Å²) in [5, 5.41) is 2.82. The van der Waals surface area contributed by atoms with Crippen molar-refractivity contribution in [2.75, 3.05) is 11.9 Å². The second kappa shape index (κ2) is 6.56. The number of carbonyl (C=O) groups is 1. The van der Waals surface area contributed by atoms with Crippen LogP contribution in [0.5, 0.6) is 0 Å². The zero-order valence-corrected chi connectivity index (χ0v) is 15.9. The zero-order valence-electron chi connectivity index (χ0n) is 13.5. The summed E-state index contributed by atoms with van der Waals surface area (Å²) in [5.41, 5.74) is 0.955. The molecule has 2 aromatic rings. The van der Waals surface area contributed by atoms with Crippen molar-refractivity contribution in [1.29, 1.82) is 0 Å². The minimum Gasteiger partial charge on any atom is -0.298 e. The molecule has 1 saturated carbocycles. The van der Waals surface area contributed by atoms with Crippen LogP contribution >= 0.6 is 22.9 Å². The van der Waals surface area contributed by atoms with Crippen LogP contribution in [0, 0.1) is 5.82 Å². The van der Waals surface area contributed by atoms with Gasteiger partial charge in [0.1, 0.15) is 5.82 Å². The van der Waals surface area contributed by atoms with E-state index in [1.54, 1.807) is 0 Å². The number of nitrogens with zero attached hydrogens (tertiary/aromatic N) is 2. The maximum absolute atomic E-state index is 13.1. The normalized spacial score (nSPS) is 17.8. The topological polar surface area (TPSA) is 79.4 Å². The van der Waals surface area contributed by atoms with Crippen molar-refractivity contribution in [2.24, 2.45) is 0 Å². The minimum absolute atomic E-state index is 0.0190. The van der Waals surface area contributed by atoms with Crippen molar-refractivity contribution < 1.29 is 17.6 Å². The molecule has 1 amide bonds. The predicted octanol–water partition coefficient (Wildman–Crippen LogP) is 3.04. The first-order valence-corrected chi connectivity index (χ1v) is 10.8. The maximum Gasteiger partial charge on any atom is 0.258 e. The predicted molar refractivity (Wildman–Crippen MR) is 97.5 cm³/mol. The first kappa shape index (κ1) is 17.8. The van der Waals surface area contributed by atoms with E-state index in [1.165, 1.54) is 21.7 Å². The Morgan fingerprint density at radius 1 is 1.38 bits per heavy atom. The molecule has 10 heteroatoms. The second-order valence-corrected chi connectivity index (χ2v) is 10.00. The number of nitrogens with one attached hydrogen (secondary N) is 1. The number of carbonyl (C=O) groups excluding carboxylic acids is 1. The van der Waals surface area contributed by atoms with Gasteiger partial charge in [0.2, 0.25) is 10.0 Å². The molecule has 0 saturated heterocycles. The van der Waals surface area contributed by atoms with Crippen molar-refractivity contribution in [3.05, 3.63) is 45.2 Å². The summed E-state index contributed by atoms with van der Waals surface area (Å²) in [4.78, 5) is 17.5. The Hall–Kier alpha value is -1.55. The minimum atomic E-state index is -3.23. The van der Waals surface area contributed by atoms with Crippen LogP contribution in [0.4, 0.5) is 9.52 Å². The molecular formula is C16H15ClFN3O3S2. The first-order chi connectivity index (χ1) is 12.3. The van der Waals surface area contributed by atoms with Crippen LogP contribution < -0.4 is 5.32 Å². The van der Waals surface area contributed by atoms with Gasteiger partial charge in [-0.15, -0.1) is 11.3 Å². The van der Waals surface area contributed by atoms with Crippen LogP contribution in [0.1, 0.15) is 33.8 Å². The molecule has 2 heterocycles. The third-order valence-electron chi connectivity index (χ3n) is 4.40. The van der Waals surface area contributed by atoms with Gasteiger partial charge in [0.15, 0.2) is 5.13 Å². The highest BCUT2D eigenvalue weighted by atomic mass is 35.5. The van der Waals surface area contributed by atoms with E-state index in [4.69, 9.17) is 11.6 Å². The van der Waals surface area contributed by atoms with Crippen molar-refractivity contribution in [2.45, 2.75) is 31.1 Å². The van der Waals surface area contributed by atoms with Crippen LogP contribution in [-0.4, -0.2) is 35.4 Å². The van der Waals surface area contributed by atoms with E-state index in [1.807, 2.05) is 0 Å². The molecule has 1 fully saturated rings. The smallest absolute Gasteiger partial charge is 0.258 e. The highest BCUT2D eigenvalue weighted by Crippen LogP contribution is 2.35. The van der Waals surface area contributed by atoms with Crippen molar-refractivity contribution >= 4 is 44.0 Å². The fourth-order valence-corrected chi connectivity index (χ4v) is 6.02. The number of halogens is 2. The molecule has 1 aromatic heterocycles. The average Bonchev–Trinajstić information content (AvgIpc) is 3.35. The van der Waals surface area contributed by atoms with Crippen LogP contribution in [0.2, 0.25) is 5.02 Å². The lowest BCUT2D eigenvalue weighted by Crippen LogP contribution is -2.37. The first-order valence-electron chi connectivity index (χ1n) is 8.08. The highest BCUT2D eigenvalue weighted by molar-refractivity contribution is 7.90. The molecule has 0 spiro atoms. The fourth-order valence-electron chi connectivity index (χ4n) is 2.86. The summed E-state index contributed by atoms with van der Waals surface area (Å²) < 4.78 is 39.4. The largest absolute Gasteiger partial charge is 0.298 e. The Morgan fingerprint density at radius 2 is 2.15 bits per heavy atom. The van der Waals surface area contributed by atoms with Crippen LogP contribution in [-0.2, 0) is 23.0 Å². The van der Waals surface area contributed by atoms with Crippen molar-refractivity contribution in [3.63, 3.8) is 0 Å².